The molecule has 0 radical (unpaired) electrons. The Morgan fingerprint density at radius 3 is 1.78 bits per heavy atom. The van der Waals surface area contributed by atoms with Crippen LogP contribution in [0.4, 0.5) is 11.4 Å². The van der Waals surface area contributed by atoms with Crippen molar-refractivity contribution in [2.45, 2.75) is 0 Å². The lowest BCUT2D eigenvalue weighted by molar-refractivity contribution is -0.385. The van der Waals surface area contributed by atoms with Gasteiger partial charge in [-0.25, -0.2) is 0 Å². The predicted octanol–water partition coefficient (Wildman–Crippen LogP) is 3.40. The number of hydrogen-bond donors (Lipinski definition) is 1. The van der Waals surface area contributed by atoms with Gasteiger partial charge in [-0.3, -0.25) is 25.0 Å². The monoisotopic (exact) mass is 362 g/mol. The molecular weight excluding hydrogens is 352 g/mol. The summed E-state index contributed by atoms with van der Waals surface area (Å²) in [6.45, 7) is 0. The first-order chi connectivity index (χ1) is 12.9. The maximum Gasteiger partial charge on any atom is 0.269 e. The summed E-state index contributed by atoms with van der Waals surface area (Å²) in [5.74, 6) is 0. The lowest BCUT2D eigenvalue weighted by Gasteiger charge is -2.08. The van der Waals surface area contributed by atoms with Crippen LogP contribution in [0.3, 0.4) is 0 Å². The van der Waals surface area contributed by atoms with Gasteiger partial charge in [0, 0.05) is 35.5 Å². The molecular formula is C18H10N4O5. The number of non-ortho nitro benzene ring substituents is 2. The van der Waals surface area contributed by atoms with Crippen molar-refractivity contribution in [3.63, 3.8) is 0 Å². The van der Waals surface area contributed by atoms with E-state index in [1.54, 1.807) is 6.07 Å². The fourth-order valence-corrected chi connectivity index (χ4v) is 2.58. The van der Waals surface area contributed by atoms with Gasteiger partial charge in [0.1, 0.15) is 11.6 Å². The molecule has 1 N–H and O–H groups in total. The first kappa shape index (κ1) is 17.5. The van der Waals surface area contributed by atoms with Crippen molar-refractivity contribution in [3.05, 3.63) is 90.7 Å². The van der Waals surface area contributed by atoms with Crippen molar-refractivity contribution in [1.82, 2.24) is 4.98 Å². The summed E-state index contributed by atoms with van der Waals surface area (Å²) in [6.07, 6.45) is 0. The smallest absolute Gasteiger partial charge is 0.269 e. The van der Waals surface area contributed by atoms with Gasteiger partial charge in [0.15, 0.2) is 0 Å². The van der Waals surface area contributed by atoms with Crippen molar-refractivity contribution in [2.75, 3.05) is 0 Å². The molecule has 0 saturated heterocycles. The minimum atomic E-state index is -0.623. The Morgan fingerprint density at radius 1 is 0.852 bits per heavy atom. The van der Waals surface area contributed by atoms with Gasteiger partial charge in [-0.15, -0.1) is 0 Å². The molecule has 2 aromatic carbocycles. The van der Waals surface area contributed by atoms with Crippen LogP contribution in [0.5, 0.6) is 0 Å². The number of nitro groups is 2. The molecule has 0 atom stereocenters. The molecule has 1 heterocycles. The van der Waals surface area contributed by atoms with Gasteiger partial charge in [0.25, 0.3) is 16.9 Å². The van der Waals surface area contributed by atoms with Crippen LogP contribution >= 0.6 is 0 Å². The number of nitriles is 1. The normalized spacial score (nSPS) is 10.2. The van der Waals surface area contributed by atoms with Crippen LogP contribution in [0.2, 0.25) is 0 Å². The second-order valence-electron chi connectivity index (χ2n) is 5.52. The number of aromatic nitrogens is 1. The Morgan fingerprint density at radius 2 is 1.33 bits per heavy atom. The molecule has 0 aliphatic rings. The van der Waals surface area contributed by atoms with E-state index < -0.39 is 15.4 Å². The third-order valence-corrected chi connectivity index (χ3v) is 3.92. The highest BCUT2D eigenvalue weighted by atomic mass is 16.6. The van der Waals surface area contributed by atoms with Crippen LogP contribution in [0.25, 0.3) is 22.4 Å². The number of aromatic amines is 1. The Labute approximate surface area is 151 Å². The second-order valence-corrected chi connectivity index (χ2v) is 5.52. The first-order valence-electron chi connectivity index (χ1n) is 7.58. The van der Waals surface area contributed by atoms with E-state index in [1.165, 1.54) is 48.5 Å². The van der Waals surface area contributed by atoms with E-state index in [2.05, 4.69) is 4.98 Å². The zero-order valence-electron chi connectivity index (χ0n) is 13.6. The lowest BCUT2D eigenvalue weighted by Crippen LogP contribution is -2.12. The maximum absolute atomic E-state index is 12.3. The minimum absolute atomic E-state index is 0.0923. The van der Waals surface area contributed by atoms with E-state index in [0.29, 0.717) is 22.4 Å². The van der Waals surface area contributed by atoms with Crippen molar-refractivity contribution in [3.8, 4) is 28.5 Å². The van der Waals surface area contributed by atoms with Crippen LogP contribution in [0.1, 0.15) is 5.56 Å². The fraction of sp³-hybridized carbons (Fsp3) is 0. The zero-order chi connectivity index (χ0) is 19.6. The van der Waals surface area contributed by atoms with Crippen LogP contribution < -0.4 is 5.56 Å². The number of hydrogen-bond acceptors (Lipinski definition) is 6. The number of benzene rings is 2. The van der Waals surface area contributed by atoms with Gasteiger partial charge in [-0.05, 0) is 41.5 Å². The lowest BCUT2D eigenvalue weighted by atomic mass is 9.99. The Kier molecular flexibility index (Phi) is 4.47. The molecule has 132 valence electrons. The molecule has 0 fully saturated rings. The number of H-pyrrole nitrogens is 1. The fourth-order valence-electron chi connectivity index (χ4n) is 2.58. The number of nitrogens with one attached hydrogen (secondary N) is 1. The van der Waals surface area contributed by atoms with Crippen LogP contribution in [0, 0.1) is 31.6 Å². The zero-order valence-corrected chi connectivity index (χ0v) is 13.6. The summed E-state index contributed by atoms with van der Waals surface area (Å²) in [7, 11) is 0. The van der Waals surface area contributed by atoms with Crippen LogP contribution in [0.15, 0.2) is 59.4 Å². The topological polar surface area (TPSA) is 143 Å². The third-order valence-electron chi connectivity index (χ3n) is 3.92. The van der Waals surface area contributed by atoms with Crippen LogP contribution in [-0.4, -0.2) is 14.8 Å². The molecule has 27 heavy (non-hydrogen) atoms. The van der Waals surface area contributed by atoms with Gasteiger partial charge < -0.3 is 4.98 Å². The Hall–Kier alpha value is -4.32. The molecule has 3 rings (SSSR count). The summed E-state index contributed by atoms with van der Waals surface area (Å²) in [5, 5.41) is 30.9. The van der Waals surface area contributed by atoms with Crippen molar-refractivity contribution >= 4 is 11.4 Å². The first-order valence-corrected chi connectivity index (χ1v) is 7.58. The molecule has 0 amide bonds. The van der Waals surface area contributed by atoms with E-state index in [4.69, 9.17) is 0 Å². The number of rotatable bonds is 4. The molecule has 0 saturated carbocycles. The molecule has 0 aliphatic carbocycles. The highest BCUT2D eigenvalue weighted by Crippen LogP contribution is 2.28. The number of pyridine rings is 1. The van der Waals surface area contributed by atoms with Crippen LogP contribution in [-0.2, 0) is 0 Å². The molecule has 1 aromatic heterocycles. The minimum Gasteiger partial charge on any atom is -0.321 e. The molecule has 0 bridgehead atoms. The maximum atomic E-state index is 12.3. The SMILES string of the molecule is N#Cc1c(-c2ccc([N+](=O)[O-])cc2)cc(-c2ccc([N+](=O)[O-])cc2)[nH]c1=O. The molecule has 9 heteroatoms. The predicted molar refractivity (Wildman–Crippen MR) is 96.0 cm³/mol. The van der Waals surface area contributed by atoms with Gasteiger partial charge in [-0.1, -0.05) is 0 Å². The van der Waals surface area contributed by atoms with Crippen molar-refractivity contribution in [2.24, 2.45) is 0 Å². The summed E-state index contributed by atoms with van der Waals surface area (Å²) in [5.41, 5.74) is 0.697. The average molecular weight is 362 g/mol. The second kappa shape index (κ2) is 6.89. The summed E-state index contributed by atoms with van der Waals surface area (Å²) < 4.78 is 0. The largest absolute Gasteiger partial charge is 0.321 e. The van der Waals surface area contributed by atoms with Gasteiger partial charge in [0.05, 0.1) is 9.85 Å². The summed E-state index contributed by atoms with van der Waals surface area (Å²) in [4.78, 5) is 35.3. The quantitative estimate of drug-likeness (QED) is 0.556. The highest BCUT2D eigenvalue weighted by molar-refractivity contribution is 5.76. The average Bonchev–Trinajstić information content (AvgIpc) is 2.67. The summed E-state index contributed by atoms with van der Waals surface area (Å²) >= 11 is 0. The number of nitrogens with zero attached hydrogens (tertiary/aromatic N) is 3. The van der Waals surface area contributed by atoms with E-state index in [1.807, 2.05) is 6.07 Å². The van der Waals surface area contributed by atoms with E-state index >= 15 is 0 Å². The van der Waals surface area contributed by atoms with Gasteiger partial charge >= 0.3 is 0 Å². The molecule has 3 aromatic rings. The Balaban J connectivity index is 2.14. The highest BCUT2D eigenvalue weighted by Gasteiger charge is 2.14. The van der Waals surface area contributed by atoms with Crippen molar-refractivity contribution in [1.29, 1.82) is 5.26 Å². The Bertz CT molecular complexity index is 1140. The number of nitro benzene ring substituents is 2. The van der Waals surface area contributed by atoms with Gasteiger partial charge in [-0.2, -0.15) is 5.26 Å². The van der Waals surface area contributed by atoms with Crippen molar-refractivity contribution < 1.29 is 9.85 Å². The summed E-state index contributed by atoms with van der Waals surface area (Å²) in [6, 6.07) is 14.4. The molecule has 0 aliphatic heterocycles. The molecule has 9 nitrogen and oxygen atoms in total. The van der Waals surface area contributed by atoms with E-state index in [-0.39, 0.29) is 16.9 Å². The standard InChI is InChI=1S/C18H10N4O5/c19-10-16-15(11-1-5-13(6-2-11)21(24)25)9-17(20-18(16)23)12-3-7-14(8-4-12)22(26)27/h1-9H,(H,20,23). The molecule has 0 spiro atoms. The third kappa shape index (κ3) is 3.40. The van der Waals surface area contributed by atoms with E-state index in [0.717, 1.165) is 0 Å². The van der Waals surface area contributed by atoms with E-state index in [9.17, 15) is 30.3 Å². The molecule has 0 unspecified atom stereocenters. The van der Waals surface area contributed by atoms with Gasteiger partial charge in [0.2, 0.25) is 0 Å².